The zero-order chi connectivity index (χ0) is 30.8. The Morgan fingerprint density at radius 1 is 1.05 bits per heavy atom. The van der Waals surface area contributed by atoms with Crippen molar-refractivity contribution in [1.29, 1.82) is 0 Å². The van der Waals surface area contributed by atoms with E-state index >= 15 is 0 Å². The van der Waals surface area contributed by atoms with Crippen LogP contribution in [0.15, 0.2) is 36.4 Å². The molecule has 2 heterocycles. The van der Waals surface area contributed by atoms with Crippen molar-refractivity contribution in [2.75, 3.05) is 7.05 Å². The second kappa shape index (κ2) is 12.4. The number of carbonyl (C=O) groups excluding carboxylic acids is 3. The van der Waals surface area contributed by atoms with Crippen LogP contribution in [0.4, 0.5) is 0 Å². The molecule has 11 nitrogen and oxygen atoms in total. The Hall–Kier alpha value is -4.12. The molecule has 5 atom stereocenters. The normalized spacial score (nSPS) is 24.5. The number of aryl methyl sites for hydroxylation is 1. The third-order valence-electron chi connectivity index (χ3n) is 8.72. The Morgan fingerprint density at radius 3 is 2.40 bits per heavy atom. The topological polar surface area (TPSA) is 168 Å². The zero-order valence-corrected chi connectivity index (χ0v) is 24.4. The molecule has 0 aromatic heterocycles. The molecule has 2 aromatic rings. The maximum atomic E-state index is 14.2. The monoisotopic (exact) mass is 580 g/mol. The van der Waals surface area contributed by atoms with Crippen LogP contribution in [0.2, 0.25) is 0 Å². The Balaban J connectivity index is 0.00000129. The van der Waals surface area contributed by atoms with Gasteiger partial charge in [0.2, 0.25) is 17.7 Å². The third kappa shape index (κ3) is 5.92. The van der Waals surface area contributed by atoms with Crippen molar-refractivity contribution in [3.8, 4) is 11.5 Å². The molecule has 3 amide bonds. The molecular weight excluding hydrogens is 540 g/mol. The van der Waals surface area contributed by atoms with Crippen molar-refractivity contribution in [3.63, 3.8) is 0 Å². The molecule has 11 heteroatoms. The SMILES string of the molecule is CN[C@@H](C)C(=O)N[C@H]1Cc2cc(O)c(O)cc2[C@H]2CC(C)(C)C(C(=O)N[C@@H]3CCCc4ccccc43)N2C1=O.O=CO. The molecule has 2 aliphatic heterocycles. The summed E-state index contributed by atoms with van der Waals surface area (Å²) in [6, 6.07) is 8.22. The van der Waals surface area contributed by atoms with Gasteiger partial charge in [0.25, 0.3) is 6.47 Å². The first-order valence-electron chi connectivity index (χ1n) is 14.2. The number of benzene rings is 2. The average Bonchev–Trinajstić information content (AvgIpc) is 3.20. The highest BCUT2D eigenvalue weighted by molar-refractivity contribution is 5.95. The maximum absolute atomic E-state index is 14.2. The van der Waals surface area contributed by atoms with Gasteiger partial charge < -0.3 is 36.2 Å². The van der Waals surface area contributed by atoms with Gasteiger partial charge >= 0.3 is 0 Å². The number of fused-ring (bicyclic) bond motifs is 4. The highest BCUT2D eigenvalue weighted by Gasteiger charge is 2.55. The number of carboxylic acid groups (broad SMARTS) is 1. The third-order valence-corrected chi connectivity index (χ3v) is 8.72. The largest absolute Gasteiger partial charge is 0.504 e. The number of hydrogen-bond donors (Lipinski definition) is 6. The van der Waals surface area contributed by atoms with Gasteiger partial charge in [-0.05, 0) is 79.5 Å². The predicted molar refractivity (Wildman–Crippen MR) is 155 cm³/mol. The summed E-state index contributed by atoms with van der Waals surface area (Å²) in [7, 11) is 1.66. The molecule has 0 saturated carbocycles. The van der Waals surface area contributed by atoms with Gasteiger partial charge in [-0.2, -0.15) is 0 Å². The van der Waals surface area contributed by atoms with Crippen LogP contribution in [0.1, 0.15) is 74.4 Å². The van der Waals surface area contributed by atoms with Crippen LogP contribution in [0.3, 0.4) is 0 Å². The fraction of sp³-hybridized carbons (Fsp3) is 0.484. The summed E-state index contributed by atoms with van der Waals surface area (Å²) < 4.78 is 0. The molecule has 1 aliphatic carbocycles. The first-order valence-corrected chi connectivity index (χ1v) is 14.2. The molecule has 0 radical (unpaired) electrons. The Bertz CT molecular complexity index is 1360. The molecule has 42 heavy (non-hydrogen) atoms. The summed E-state index contributed by atoms with van der Waals surface area (Å²) in [6.07, 6.45) is 3.40. The van der Waals surface area contributed by atoms with Gasteiger partial charge in [-0.3, -0.25) is 19.2 Å². The van der Waals surface area contributed by atoms with Gasteiger partial charge in [-0.15, -0.1) is 0 Å². The van der Waals surface area contributed by atoms with E-state index in [4.69, 9.17) is 9.90 Å². The van der Waals surface area contributed by atoms with Gasteiger partial charge in [-0.1, -0.05) is 38.1 Å². The lowest BCUT2D eigenvalue weighted by Gasteiger charge is -2.36. The van der Waals surface area contributed by atoms with Gasteiger partial charge in [-0.25, -0.2) is 0 Å². The predicted octanol–water partition coefficient (Wildman–Crippen LogP) is 2.31. The minimum atomic E-state index is -0.930. The van der Waals surface area contributed by atoms with E-state index in [0.29, 0.717) is 17.5 Å². The van der Waals surface area contributed by atoms with E-state index in [-0.39, 0.29) is 48.2 Å². The molecule has 5 rings (SSSR count). The highest BCUT2D eigenvalue weighted by Crippen LogP contribution is 2.51. The van der Waals surface area contributed by atoms with Crippen molar-refractivity contribution >= 4 is 24.2 Å². The summed E-state index contributed by atoms with van der Waals surface area (Å²) in [5, 5.41) is 36.5. The minimum Gasteiger partial charge on any atom is -0.504 e. The smallest absolute Gasteiger partial charge is 0.290 e. The van der Waals surface area contributed by atoms with E-state index in [2.05, 4.69) is 28.1 Å². The van der Waals surface area contributed by atoms with E-state index < -0.39 is 29.6 Å². The van der Waals surface area contributed by atoms with Gasteiger partial charge in [0.1, 0.15) is 12.1 Å². The Morgan fingerprint density at radius 2 is 1.71 bits per heavy atom. The minimum absolute atomic E-state index is 0.139. The number of likely N-dealkylation sites (N-methyl/N-ethyl adjacent to an activating group) is 1. The van der Waals surface area contributed by atoms with E-state index in [1.807, 2.05) is 26.0 Å². The second-order valence-corrected chi connectivity index (χ2v) is 11.9. The van der Waals surface area contributed by atoms with Crippen molar-refractivity contribution in [2.24, 2.45) is 5.41 Å². The number of nitrogens with zero attached hydrogens (tertiary/aromatic N) is 1. The lowest BCUT2D eigenvalue weighted by Crippen LogP contribution is -2.57. The second-order valence-electron chi connectivity index (χ2n) is 11.9. The fourth-order valence-electron chi connectivity index (χ4n) is 6.59. The number of rotatable bonds is 5. The first kappa shape index (κ1) is 30.8. The molecule has 2 aromatic carbocycles. The van der Waals surface area contributed by atoms with Crippen LogP contribution in [-0.4, -0.2) is 69.6 Å². The van der Waals surface area contributed by atoms with Crippen molar-refractivity contribution in [3.05, 3.63) is 58.7 Å². The number of carbonyl (C=O) groups is 4. The van der Waals surface area contributed by atoms with Crippen LogP contribution in [-0.2, 0) is 32.0 Å². The van der Waals surface area contributed by atoms with E-state index in [1.165, 1.54) is 17.7 Å². The van der Waals surface area contributed by atoms with E-state index in [0.717, 1.165) is 24.8 Å². The Kier molecular flexibility index (Phi) is 9.10. The van der Waals surface area contributed by atoms with Crippen molar-refractivity contribution in [1.82, 2.24) is 20.9 Å². The quantitative estimate of drug-likeness (QED) is 0.231. The van der Waals surface area contributed by atoms with Crippen LogP contribution >= 0.6 is 0 Å². The molecule has 0 bridgehead atoms. The standard InChI is InChI=1S/C30H38N4O5.CH2O2/c1-16(31-4)27(37)33-22-12-18-13-24(35)25(36)14-20(18)23-15-30(2,3)26(34(23)29(22)39)28(38)32-21-11-7-9-17-8-5-6-10-19(17)21;2-1-3/h5-6,8,10,13-14,16,21-23,26,31,35-36H,7,9,11-12,15H2,1-4H3,(H,32,38)(H,33,37);1H,(H,2,3)/t16-,21+,22-,23+,26?;/m0./s1. The van der Waals surface area contributed by atoms with Gasteiger partial charge in [0.15, 0.2) is 11.5 Å². The number of aromatic hydroxyl groups is 2. The maximum Gasteiger partial charge on any atom is 0.290 e. The fourth-order valence-corrected chi connectivity index (χ4v) is 6.59. The first-order chi connectivity index (χ1) is 19.9. The molecule has 0 spiro atoms. The van der Waals surface area contributed by atoms with E-state index in [9.17, 15) is 24.6 Å². The summed E-state index contributed by atoms with van der Waals surface area (Å²) in [5.41, 5.74) is 3.10. The lowest BCUT2D eigenvalue weighted by molar-refractivity contribution is -0.145. The highest BCUT2D eigenvalue weighted by atomic mass is 16.3. The number of amides is 3. The summed E-state index contributed by atoms with van der Waals surface area (Å²) in [5.74, 6) is -1.47. The molecular formula is C31H40N4O7. The number of phenolic OH excluding ortho intramolecular Hbond substituents is 2. The van der Waals surface area contributed by atoms with Crippen molar-refractivity contribution in [2.45, 2.75) is 83.1 Å². The number of hydrogen-bond acceptors (Lipinski definition) is 7. The summed E-state index contributed by atoms with van der Waals surface area (Å²) in [4.78, 5) is 51.1. The number of phenols is 2. The average molecular weight is 581 g/mol. The van der Waals surface area contributed by atoms with E-state index in [1.54, 1.807) is 18.9 Å². The van der Waals surface area contributed by atoms with Crippen LogP contribution in [0, 0.1) is 5.41 Å². The molecule has 226 valence electrons. The van der Waals surface area contributed by atoms with Crippen molar-refractivity contribution < 1.29 is 34.5 Å². The molecule has 1 fully saturated rings. The number of nitrogens with one attached hydrogen (secondary N) is 3. The van der Waals surface area contributed by atoms with Gasteiger partial charge in [0.05, 0.1) is 18.1 Å². The molecule has 1 saturated heterocycles. The Labute approximate surface area is 245 Å². The summed E-state index contributed by atoms with van der Waals surface area (Å²) in [6.45, 7) is 5.41. The molecule has 1 unspecified atom stereocenters. The van der Waals surface area contributed by atoms with Crippen LogP contribution in [0.25, 0.3) is 0 Å². The molecule has 6 N–H and O–H groups in total. The van der Waals surface area contributed by atoms with Gasteiger partial charge in [0, 0.05) is 6.42 Å². The lowest BCUT2D eigenvalue weighted by atomic mass is 9.80. The van der Waals surface area contributed by atoms with Crippen LogP contribution in [0.5, 0.6) is 11.5 Å². The molecule has 3 aliphatic rings. The summed E-state index contributed by atoms with van der Waals surface area (Å²) >= 11 is 0. The van der Waals surface area contributed by atoms with Crippen LogP contribution < -0.4 is 16.0 Å². The zero-order valence-electron chi connectivity index (χ0n) is 24.4.